The van der Waals surface area contributed by atoms with Gasteiger partial charge in [-0.1, -0.05) is 230 Å². The molecule has 10 heteroatoms. The molecule has 0 aliphatic carbocycles. The summed E-state index contributed by atoms with van der Waals surface area (Å²) in [7, 11) is 0. The second kappa shape index (κ2) is 42.3. The molecule has 114 heavy (non-hydrogen) atoms. The van der Waals surface area contributed by atoms with Crippen LogP contribution in [0.4, 0.5) is 0 Å². The first-order chi connectivity index (χ1) is 54.5. The summed E-state index contributed by atoms with van der Waals surface area (Å²) in [5.41, 5.74) is 21.0. The number of nitrogens with zero attached hydrogens (tertiary/aromatic N) is 5. The van der Waals surface area contributed by atoms with Gasteiger partial charge >= 0.3 is 0 Å². The third kappa shape index (κ3) is 21.0. The molecule has 0 atom stereocenters. The van der Waals surface area contributed by atoms with Gasteiger partial charge in [-0.2, -0.15) is 0 Å². The molecule has 560 valence electrons. The number of hydrogen-bond acceptors (Lipinski definition) is 6. The molecule has 0 spiro atoms. The van der Waals surface area contributed by atoms with E-state index in [9.17, 15) is 0 Å². The Morgan fingerprint density at radius 1 is 0.228 bits per heavy atom. The maximum Gasteiger partial charge on any atom is 0.0433 e. The van der Waals surface area contributed by atoms with Crippen LogP contribution in [-0.2, 0) is 80.4 Å². The third-order valence-electron chi connectivity index (χ3n) is 18.6. The Hall–Kier alpha value is -11.6. The number of thiophene rings is 1. The molecule has 4 radical (unpaired) electrons. The van der Waals surface area contributed by atoms with E-state index in [2.05, 4.69) is 238 Å². The molecule has 0 bridgehead atoms. The predicted molar refractivity (Wildman–Crippen MR) is 461 cm³/mol. The summed E-state index contributed by atoms with van der Waals surface area (Å²) in [6, 6.07) is 149. The molecular weight excluding hydrogens is 2120 g/mol. The maximum atomic E-state index is 4.49. The van der Waals surface area contributed by atoms with Crippen LogP contribution in [-0.4, -0.2) is 24.9 Å². The van der Waals surface area contributed by atoms with Gasteiger partial charge in [0.05, 0.1) is 0 Å². The van der Waals surface area contributed by atoms with E-state index in [1.165, 1.54) is 97.0 Å². The van der Waals surface area contributed by atoms with Crippen molar-refractivity contribution in [1.29, 1.82) is 0 Å². The Labute approximate surface area is 725 Å². The third-order valence-corrected chi connectivity index (χ3v) is 19.9. The van der Waals surface area contributed by atoms with Gasteiger partial charge in [0.15, 0.2) is 0 Å². The van der Waals surface area contributed by atoms with E-state index in [0.717, 1.165) is 61.9 Å². The largest absolute Gasteiger partial charge is 0.305 e. The SMILES string of the molecule is Cc1cccnc1-c1[c-]cccc1.[Ir].[Ir].[Ir].[Ir].[c-]1ccccc1-c1cc(-c2ccccc2)ccn1.[c-]1ccccc1-c1ccc(-c2ccccc2)cn1.[c-]1ccccc1-c1ccccn1.[c-]1ccccc1-c1ccccn1.c1cc(-c2ccc3c4ccccc4c4ccccc4c3c2)cc(-c2cccc3c2sc2ccccc23)c1. The standard InChI is InChI=1S/C36H22S.2C17H12N.C12H10N.2C11H8N.4Ir/c1-2-13-29-27(11-1)28-12-3-4-14-30(28)34-22-24(19-20-31(29)34)23-9-7-10-25(21-23)26-16-8-17-33-32-15-5-6-18-35(32)37-36(26)33;1-3-7-14(8-4-1)16-11-12-18-17(13-16)15-9-5-2-6-10-15;1-3-7-14(8-4-1)16-11-12-17(18-13-16)15-9-5-2-6-10-15;1-10-6-5-9-13-12(10)11-7-3-2-4-8-11;2*1-2-6-10(7-3-1)11-8-4-5-9-12-11;;;;/h1-22H;2*1-9,11-13H;2-7,9H,1H3;2*1-6,8-9H;;;;/q;5*-1;;;;. The molecule has 6 heterocycles. The molecule has 0 aliphatic rings. The Balaban J connectivity index is 0.000000143. The van der Waals surface area contributed by atoms with Crippen molar-refractivity contribution in [1.82, 2.24) is 24.9 Å². The fraction of sp³-hybridized carbons (Fsp3) is 0.00962. The van der Waals surface area contributed by atoms with Gasteiger partial charge in [-0.25, -0.2) is 0 Å². The van der Waals surface area contributed by atoms with E-state index in [-0.39, 0.29) is 80.4 Å². The Morgan fingerprint density at radius 3 is 1.15 bits per heavy atom. The number of aromatic nitrogens is 5. The molecule has 14 aromatic carbocycles. The molecule has 0 aliphatic heterocycles. The molecule has 0 saturated carbocycles. The van der Waals surface area contributed by atoms with Gasteiger partial charge < -0.3 is 24.9 Å². The normalized spacial score (nSPS) is 10.2. The summed E-state index contributed by atoms with van der Waals surface area (Å²) in [6.45, 7) is 2.06. The molecule has 20 aromatic rings. The second-order valence-electron chi connectivity index (χ2n) is 25.8. The topological polar surface area (TPSA) is 64.5 Å². The molecule has 0 saturated heterocycles. The monoisotopic (exact) mass is 2190 g/mol. The Kier molecular flexibility index (Phi) is 31.0. The molecule has 5 nitrogen and oxygen atoms in total. The van der Waals surface area contributed by atoms with Crippen LogP contribution in [0.3, 0.4) is 0 Å². The van der Waals surface area contributed by atoms with Crippen molar-refractivity contribution in [2.45, 2.75) is 6.92 Å². The molecule has 0 unspecified atom stereocenters. The minimum atomic E-state index is 0. The first kappa shape index (κ1) is 83.4. The van der Waals surface area contributed by atoms with Gasteiger partial charge in [0.2, 0.25) is 0 Å². The van der Waals surface area contributed by atoms with Crippen LogP contribution < -0.4 is 0 Å². The van der Waals surface area contributed by atoms with Gasteiger partial charge in [0, 0.05) is 132 Å². The number of hydrogen-bond donors (Lipinski definition) is 0. The van der Waals surface area contributed by atoms with E-state index in [0.29, 0.717) is 0 Å². The van der Waals surface area contributed by atoms with Crippen LogP contribution in [0.15, 0.2) is 419 Å². The average molecular weight is 2190 g/mol. The molecule has 0 N–H and O–H groups in total. The first-order valence-corrected chi connectivity index (χ1v) is 37.3. The summed E-state index contributed by atoms with van der Waals surface area (Å²) in [5, 5.41) is 10.6. The van der Waals surface area contributed by atoms with Gasteiger partial charge in [0.1, 0.15) is 0 Å². The number of aryl methyl sites for hydroxylation is 1. The van der Waals surface area contributed by atoms with E-state index >= 15 is 0 Å². The predicted octanol–water partition coefficient (Wildman–Crippen LogP) is 27.2. The minimum Gasteiger partial charge on any atom is -0.305 e. The van der Waals surface area contributed by atoms with E-state index in [4.69, 9.17) is 0 Å². The zero-order valence-electron chi connectivity index (χ0n) is 61.8. The number of pyridine rings is 5. The zero-order valence-corrected chi connectivity index (χ0v) is 72.2. The van der Waals surface area contributed by atoms with Crippen molar-refractivity contribution in [2.24, 2.45) is 0 Å². The molecular formula is C104H72Ir4N5S-5. The summed E-state index contributed by atoms with van der Waals surface area (Å²) in [5.74, 6) is 0. The van der Waals surface area contributed by atoms with Crippen LogP contribution in [0, 0.1) is 37.3 Å². The molecule has 0 fully saturated rings. The summed E-state index contributed by atoms with van der Waals surface area (Å²) >= 11 is 1.89. The summed E-state index contributed by atoms with van der Waals surface area (Å²) in [4.78, 5) is 21.7. The average Bonchev–Trinajstić information content (AvgIpc) is 0.885. The van der Waals surface area contributed by atoms with Crippen LogP contribution in [0.25, 0.3) is 153 Å². The van der Waals surface area contributed by atoms with Crippen molar-refractivity contribution in [3.8, 4) is 101 Å². The van der Waals surface area contributed by atoms with Gasteiger partial charge in [-0.15, -0.1) is 191 Å². The smallest absolute Gasteiger partial charge is 0.0433 e. The molecule has 0 amide bonds. The number of benzene rings is 14. The molecule has 20 rings (SSSR count). The van der Waals surface area contributed by atoms with Gasteiger partial charge in [-0.3, -0.25) is 0 Å². The van der Waals surface area contributed by atoms with Crippen LogP contribution in [0.5, 0.6) is 0 Å². The van der Waals surface area contributed by atoms with Crippen molar-refractivity contribution in [3.05, 3.63) is 455 Å². The Bertz CT molecular complexity index is 6020. The van der Waals surface area contributed by atoms with Crippen LogP contribution >= 0.6 is 11.3 Å². The van der Waals surface area contributed by atoms with E-state index in [1.54, 1.807) is 12.4 Å². The van der Waals surface area contributed by atoms with Crippen molar-refractivity contribution in [3.63, 3.8) is 0 Å². The fourth-order valence-electron chi connectivity index (χ4n) is 13.2. The van der Waals surface area contributed by atoms with E-state index in [1.807, 2.05) is 242 Å². The van der Waals surface area contributed by atoms with Gasteiger partial charge in [-0.05, 0) is 155 Å². The number of fused-ring (bicyclic) bond motifs is 9. The molecule has 6 aromatic heterocycles. The Morgan fingerprint density at radius 2 is 0.632 bits per heavy atom. The second-order valence-corrected chi connectivity index (χ2v) is 26.8. The van der Waals surface area contributed by atoms with Gasteiger partial charge in [0.25, 0.3) is 0 Å². The number of rotatable bonds is 9. The first-order valence-electron chi connectivity index (χ1n) is 36.5. The minimum absolute atomic E-state index is 0. The van der Waals surface area contributed by atoms with Crippen LogP contribution in [0.2, 0.25) is 0 Å². The fourth-order valence-corrected chi connectivity index (χ4v) is 14.5. The van der Waals surface area contributed by atoms with Crippen molar-refractivity contribution < 1.29 is 80.4 Å². The van der Waals surface area contributed by atoms with Crippen molar-refractivity contribution >= 4 is 63.8 Å². The van der Waals surface area contributed by atoms with Crippen LogP contribution in [0.1, 0.15) is 5.56 Å². The quantitative estimate of drug-likeness (QED) is 0.106. The summed E-state index contributed by atoms with van der Waals surface area (Å²) < 4.78 is 2.70. The van der Waals surface area contributed by atoms with E-state index < -0.39 is 0 Å². The maximum absolute atomic E-state index is 4.49. The van der Waals surface area contributed by atoms with Crippen molar-refractivity contribution in [2.75, 3.05) is 0 Å². The zero-order chi connectivity index (χ0) is 74.3. The summed E-state index contributed by atoms with van der Waals surface area (Å²) in [6.07, 6.45) is 9.14.